The van der Waals surface area contributed by atoms with Crippen molar-refractivity contribution < 1.29 is 9.59 Å². The molecule has 0 fully saturated rings. The lowest BCUT2D eigenvalue weighted by Gasteiger charge is -2.02. The number of aryl methyl sites for hydroxylation is 1. The van der Waals surface area contributed by atoms with E-state index in [1.54, 1.807) is 19.1 Å². The summed E-state index contributed by atoms with van der Waals surface area (Å²) in [5.41, 5.74) is 5.92. The number of nitrogens with zero attached hydrogens (tertiary/aromatic N) is 1. The SMILES string of the molecule is Cc1ccc(NC=O)nc1C(N)=O. The van der Waals surface area contributed by atoms with E-state index in [2.05, 4.69) is 10.3 Å². The highest BCUT2D eigenvalue weighted by molar-refractivity contribution is 5.92. The second kappa shape index (κ2) is 3.66. The molecule has 0 saturated heterocycles. The van der Waals surface area contributed by atoms with Crippen molar-refractivity contribution >= 4 is 18.1 Å². The number of hydrogen-bond donors (Lipinski definition) is 2. The summed E-state index contributed by atoms with van der Waals surface area (Å²) < 4.78 is 0. The van der Waals surface area contributed by atoms with Crippen LogP contribution >= 0.6 is 0 Å². The lowest BCUT2D eigenvalue weighted by Crippen LogP contribution is -2.15. The molecular weight excluding hydrogens is 170 g/mol. The third kappa shape index (κ3) is 2.02. The zero-order chi connectivity index (χ0) is 9.84. The van der Waals surface area contributed by atoms with E-state index >= 15 is 0 Å². The van der Waals surface area contributed by atoms with Crippen LogP contribution in [0.3, 0.4) is 0 Å². The van der Waals surface area contributed by atoms with Crippen LogP contribution in [0.5, 0.6) is 0 Å². The first-order valence-corrected chi connectivity index (χ1v) is 3.63. The van der Waals surface area contributed by atoms with Crippen LogP contribution in [0, 0.1) is 6.92 Å². The van der Waals surface area contributed by atoms with Crippen LogP contribution in [0.25, 0.3) is 0 Å². The molecular formula is C8H9N3O2. The van der Waals surface area contributed by atoms with E-state index in [4.69, 9.17) is 5.73 Å². The topological polar surface area (TPSA) is 85.1 Å². The number of nitrogens with one attached hydrogen (secondary N) is 1. The lowest BCUT2D eigenvalue weighted by molar-refractivity contribution is -0.105. The van der Waals surface area contributed by atoms with Crippen LogP contribution in [-0.4, -0.2) is 17.3 Å². The minimum atomic E-state index is -0.605. The number of pyridine rings is 1. The van der Waals surface area contributed by atoms with Crippen molar-refractivity contribution in [3.8, 4) is 0 Å². The molecule has 3 N–H and O–H groups in total. The third-order valence-corrected chi connectivity index (χ3v) is 1.54. The van der Waals surface area contributed by atoms with Gasteiger partial charge in [-0.2, -0.15) is 0 Å². The van der Waals surface area contributed by atoms with Crippen LogP contribution in [0.2, 0.25) is 0 Å². The Balaban J connectivity index is 3.10. The van der Waals surface area contributed by atoms with Gasteiger partial charge in [-0.15, -0.1) is 0 Å². The molecule has 0 radical (unpaired) electrons. The van der Waals surface area contributed by atoms with Crippen LogP contribution in [0.4, 0.5) is 5.82 Å². The summed E-state index contributed by atoms with van der Waals surface area (Å²) >= 11 is 0. The Morgan fingerprint density at radius 2 is 2.31 bits per heavy atom. The number of hydrogen-bond acceptors (Lipinski definition) is 3. The van der Waals surface area contributed by atoms with E-state index < -0.39 is 5.91 Å². The molecule has 68 valence electrons. The monoisotopic (exact) mass is 179 g/mol. The van der Waals surface area contributed by atoms with Crippen LogP contribution < -0.4 is 11.1 Å². The normalized spacial score (nSPS) is 9.31. The molecule has 0 unspecified atom stereocenters. The van der Waals surface area contributed by atoms with Crippen LogP contribution in [0.1, 0.15) is 16.1 Å². The number of primary amides is 1. The average Bonchev–Trinajstić information content (AvgIpc) is 2.08. The van der Waals surface area contributed by atoms with E-state index in [9.17, 15) is 9.59 Å². The van der Waals surface area contributed by atoms with Gasteiger partial charge in [-0.05, 0) is 18.6 Å². The minimum Gasteiger partial charge on any atom is -0.364 e. The highest BCUT2D eigenvalue weighted by atomic mass is 16.1. The van der Waals surface area contributed by atoms with Crippen molar-refractivity contribution in [3.63, 3.8) is 0 Å². The highest BCUT2D eigenvalue weighted by Crippen LogP contribution is 2.08. The predicted molar refractivity (Wildman–Crippen MR) is 47.2 cm³/mol. The summed E-state index contributed by atoms with van der Waals surface area (Å²) in [6.45, 7) is 1.72. The standard InChI is InChI=1S/C8H9N3O2/c1-5-2-3-6(10-4-12)11-7(5)8(9)13/h2-4H,1H3,(H2,9,13)(H,10,11,12). The van der Waals surface area contributed by atoms with Gasteiger partial charge in [-0.25, -0.2) is 4.98 Å². The first kappa shape index (κ1) is 9.18. The zero-order valence-electron chi connectivity index (χ0n) is 7.07. The van der Waals surface area contributed by atoms with Gasteiger partial charge in [0.1, 0.15) is 11.5 Å². The predicted octanol–water partition coefficient (Wildman–Crippen LogP) is 0.0572. The van der Waals surface area contributed by atoms with E-state index in [1.807, 2.05) is 0 Å². The molecule has 0 aromatic carbocycles. The van der Waals surface area contributed by atoms with E-state index in [0.717, 1.165) is 0 Å². The summed E-state index contributed by atoms with van der Waals surface area (Å²) in [6, 6.07) is 3.26. The maximum absolute atomic E-state index is 10.8. The molecule has 0 bridgehead atoms. The van der Waals surface area contributed by atoms with Crippen molar-refractivity contribution in [1.82, 2.24) is 4.98 Å². The van der Waals surface area contributed by atoms with Crippen molar-refractivity contribution in [2.45, 2.75) is 6.92 Å². The molecule has 0 atom stereocenters. The van der Waals surface area contributed by atoms with Crippen LogP contribution in [0.15, 0.2) is 12.1 Å². The summed E-state index contributed by atoms with van der Waals surface area (Å²) in [5.74, 6) is -0.290. The van der Waals surface area contributed by atoms with Gasteiger partial charge in [-0.3, -0.25) is 9.59 Å². The smallest absolute Gasteiger partial charge is 0.267 e. The molecule has 5 nitrogen and oxygen atoms in total. The van der Waals surface area contributed by atoms with E-state index in [-0.39, 0.29) is 5.69 Å². The fourth-order valence-electron chi connectivity index (χ4n) is 0.919. The number of nitrogens with two attached hydrogens (primary N) is 1. The maximum Gasteiger partial charge on any atom is 0.267 e. The molecule has 1 aromatic heterocycles. The fourth-order valence-corrected chi connectivity index (χ4v) is 0.919. The fraction of sp³-hybridized carbons (Fsp3) is 0.125. The van der Waals surface area contributed by atoms with Crippen molar-refractivity contribution in [3.05, 3.63) is 23.4 Å². The van der Waals surface area contributed by atoms with Gasteiger partial charge in [0.2, 0.25) is 6.41 Å². The maximum atomic E-state index is 10.8. The second-order valence-corrected chi connectivity index (χ2v) is 2.49. The summed E-state index contributed by atoms with van der Waals surface area (Å²) in [5, 5.41) is 2.33. The van der Waals surface area contributed by atoms with Gasteiger partial charge in [0.25, 0.3) is 5.91 Å². The number of carbonyl (C=O) groups excluding carboxylic acids is 2. The Morgan fingerprint density at radius 3 is 2.85 bits per heavy atom. The Bertz CT molecular complexity index is 349. The van der Waals surface area contributed by atoms with Gasteiger partial charge < -0.3 is 11.1 Å². The Morgan fingerprint density at radius 1 is 1.62 bits per heavy atom. The van der Waals surface area contributed by atoms with E-state index in [0.29, 0.717) is 17.8 Å². The molecule has 0 saturated carbocycles. The molecule has 5 heteroatoms. The van der Waals surface area contributed by atoms with Gasteiger partial charge in [-0.1, -0.05) is 6.07 Å². The van der Waals surface area contributed by atoms with Crippen LogP contribution in [-0.2, 0) is 4.79 Å². The number of anilines is 1. The molecule has 0 aliphatic carbocycles. The van der Waals surface area contributed by atoms with Crippen molar-refractivity contribution in [2.24, 2.45) is 5.73 Å². The first-order valence-electron chi connectivity index (χ1n) is 3.63. The Hall–Kier alpha value is -1.91. The molecule has 0 aliphatic heterocycles. The average molecular weight is 179 g/mol. The number of amides is 2. The molecule has 2 amide bonds. The van der Waals surface area contributed by atoms with Gasteiger partial charge in [0, 0.05) is 0 Å². The van der Waals surface area contributed by atoms with Gasteiger partial charge in [0.05, 0.1) is 0 Å². The molecule has 0 spiro atoms. The second-order valence-electron chi connectivity index (χ2n) is 2.49. The highest BCUT2D eigenvalue weighted by Gasteiger charge is 2.06. The quantitative estimate of drug-likeness (QED) is 0.643. The largest absolute Gasteiger partial charge is 0.364 e. The number of aromatic nitrogens is 1. The van der Waals surface area contributed by atoms with Crippen molar-refractivity contribution in [2.75, 3.05) is 5.32 Å². The third-order valence-electron chi connectivity index (χ3n) is 1.54. The molecule has 1 rings (SSSR count). The number of rotatable bonds is 3. The molecule has 0 aliphatic rings. The van der Waals surface area contributed by atoms with Gasteiger partial charge >= 0.3 is 0 Å². The molecule has 13 heavy (non-hydrogen) atoms. The zero-order valence-corrected chi connectivity index (χ0v) is 7.07. The molecule has 1 aromatic rings. The summed E-state index contributed by atoms with van der Waals surface area (Å²) in [4.78, 5) is 24.7. The summed E-state index contributed by atoms with van der Waals surface area (Å²) in [6.07, 6.45) is 0.489. The lowest BCUT2D eigenvalue weighted by atomic mass is 10.2. The summed E-state index contributed by atoms with van der Waals surface area (Å²) in [7, 11) is 0. The minimum absolute atomic E-state index is 0.173. The first-order chi connectivity index (χ1) is 6.15. The Labute approximate surface area is 75.0 Å². The number of carbonyl (C=O) groups is 2. The Kier molecular flexibility index (Phi) is 2.59. The van der Waals surface area contributed by atoms with E-state index in [1.165, 1.54) is 0 Å². The van der Waals surface area contributed by atoms with Crippen molar-refractivity contribution in [1.29, 1.82) is 0 Å². The van der Waals surface area contributed by atoms with Gasteiger partial charge in [0.15, 0.2) is 0 Å². The molecule has 1 heterocycles.